The van der Waals surface area contributed by atoms with Crippen molar-refractivity contribution in [2.24, 2.45) is 46.8 Å². The summed E-state index contributed by atoms with van der Waals surface area (Å²) in [6, 6.07) is 0. The molecular formula is C29H46N2O3. The fourth-order valence-electron chi connectivity index (χ4n) is 8.66. The SMILES string of the molecule is CC.CCOC(=O)c1cnn(CC(=O)C2CCC3C4CCC5CC(C)CCC5C4CCC23C)c1. The number of aromatic nitrogens is 2. The van der Waals surface area contributed by atoms with Crippen LogP contribution in [0.2, 0.25) is 0 Å². The van der Waals surface area contributed by atoms with E-state index in [1.54, 1.807) is 17.8 Å². The summed E-state index contributed by atoms with van der Waals surface area (Å²) in [7, 11) is 0. The van der Waals surface area contributed by atoms with E-state index in [1.807, 2.05) is 13.8 Å². The molecule has 34 heavy (non-hydrogen) atoms. The minimum absolute atomic E-state index is 0.132. The van der Waals surface area contributed by atoms with E-state index in [-0.39, 0.29) is 23.8 Å². The van der Waals surface area contributed by atoms with Gasteiger partial charge in [-0.05, 0) is 99.2 Å². The van der Waals surface area contributed by atoms with E-state index in [1.165, 1.54) is 57.6 Å². The topological polar surface area (TPSA) is 61.2 Å². The van der Waals surface area contributed by atoms with Crippen LogP contribution in [-0.4, -0.2) is 28.1 Å². The largest absolute Gasteiger partial charge is 0.462 e. The Balaban J connectivity index is 0.00000133. The monoisotopic (exact) mass is 470 g/mol. The first-order valence-corrected chi connectivity index (χ1v) is 14.1. The standard InChI is InChI=1S/C27H40N2O3.C2H6/c1-4-32-26(31)19-14-28-29(15-19)16-25(30)24-10-9-23-22-8-6-18-13-17(2)5-7-20(18)21(22)11-12-27(23,24)3;1-2/h14-15,17-18,20-24H,4-13,16H2,1-3H3;1-2H3. The number of hydrogen-bond acceptors (Lipinski definition) is 4. The molecule has 0 N–H and O–H groups in total. The Labute approximate surface area is 206 Å². The molecule has 0 aromatic carbocycles. The molecule has 5 heteroatoms. The molecule has 0 aliphatic heterocycles. The molecule has 0 bridgehead atoms. The molecule has 0 saturated heterocycles. The maximum absolute atomic E-state index is 13.4. The molecule has 4 aliphatic carbocycles. The molecular weight excluding hydrogens is 424 g/mol. The van der Waals surface area contributed by atoms with E-state index < -0.39 is 0 Å². The number of rotatable bonds is 5. The van der Waals surface area contributed by atoms with E-state index in [0.29, 0.717) is 23.9 Å². The van der Waals surface area contributed by atoms with Crippen molar-refractivity contribution in [3.8, 4) is 0 Å². The summed E-state index contributed by atoms with van der Waals surface area (Å²) >= 11 is 0. The summed E-state index contributed by atoms with van der Waals surface area (Å²) in [5.41, 5.74) is 0.568. The summed E-state index contributed by atoms with van der Waals surface area (Å²) in [5.74, 6) is 5.36. The van der Waals surface area contributed by atoms with Crippen LogP contribution < -0.4 is 0 Å². The van der Waals surface area contributed by atoms with Crippen molar-refractivity contribution < 1.29 is 14.3 Å². The molecule has 8 unspecified atom stereocenters. The molecule has 1 heterocycles. The highest BCUT2D eigenvalue weighted by Crippen LogP contribution is 2.64. The third-order valence-electron chi connectivity index (χ3n) is 10.1. The van der Waals surface area contributed by atoms with Gasteiger partial charge in [0.05, 0.1) is 24.9 Å². The number of nitrogens with zero attached hydrogens (tertiary/aromatic N) is 2. The van der Waals surface area contributed by atoms with Crippen molar-refractivity contribution >= 4 is 11.8 Å². The molecule has 5 rings (SSSR count). The van der Waals surface area contributed by atoms with E-state index >= 15 is 0 Å². The lowest BCUT2D eigenvalue weighted by atomic mass is 9.49. The number of hydrogen-bond donors (Lipinski definition) is 0. The van der Waals surface area contributed by atoms with Gasteiger partial charge in [-0.1, -0.05) is 34.1 Å². The number of carbonyl (C=O) groups excluding carboxylic acids is 2. The van der Waals surface area contributed by atoms with Gasteiger partial charge in [-0.15, -0.1) is 0 Å². The minimum Gasteiger partial charge on any atom is -0.462 e. The molecule has 0 spiro atoms. The third-order valence-corrected chi connectivity index (χ3v) is 10.1. The predicted octanol–water partition coefficient (Wildman–Crippen LogP) is 6.56. The van der Waals surface area contributed by atoms with Crippen LogP contribution in [0.15, 0.2) is 12.4 Å². The average molecular weight is 471 g/mol. The quantitative estimate of drug-likeness (QED) is 0.457. The van der Waals surface area contributed by atoms with E-state index in [4.69, 9.17) is 4.74 Å². The Morgan fingerprint density at radius 2 is 1.82 bits per heavy atom. The van der Waals surface area contributed by atoms with Gasteiger partial charge in [-0.2, -0.15) is 5.10 Å². The number of esters is 1. The summed E-state index contributed by atoms with van der Waals surface area (Å²) in [5, 5.41) is 4.27. The summed E-state index contributed by atoms with van der Waals surface area (Å²) in [4.78, 5) is 25.4. The lowest BCUT2D eigenvalue weighted by molar-refractivity contribution is -0.131. The van der Waals surface area contributed by atoms with Gasteiger partial charge in [-0.3, -0.25) is 9.48 Å². The van der Waals surface area contributed by atoms with Crippen LogP contribution in [0.3, 0.4) is 0 Å². The molecule has 4 saturated carbocycles. The maximum atomic E-state index is 13.4. The third kappa shape index (κ3) is 4.60. The first-order valence-electron chi connectivity index (χ1n) is 14.1. The van der Waals surface area contributed by atoms with Gasteiger partial charge >= 0.3 is 5.97 Å². The zero-order valence-corrected chi connectivity index (χ0v) is 22.1. The molecule has 0 radical (unpaired) electrons. The molecule has 1 aromatic heterocycles. The Bertz CT molecular complexity index is 863. The van der Waals surface area contributed by atoms with Crippen LogP contribution in [0.1, 0.15) is 103 Å². The van der Waals surface area contributed by atoms with Crippen LogP contribution in [-0.2, 0) is 16.1 Å². The van der Waals surface area contributed by atoms with E-state index in [9.17, 15) is 9.59 Å². The van der Waals surface area contributed by atoms with Crippen LogP contribution in [0.4, 0.5) is 0 Å². The summed E-state index contributed by atoms with van der Waals surface area (Å²) < 4.78 is 6.68. The molecule has 0 amide bonds. The highest BCUT2D eigenvalue weighted by atomic mass is 16.5. The van der Waals surface area contributed by atoms with E-state index in [0.717, 1.165) is 36.0 Å². The van der Waals surface area contributed by atoms with Crippen molar-refractivity contribution in [3.63, 3.8) is 0 Å². The van der Waals surface area contributed by atoms with Crippen molar-refractivity contribution in [2.75, 3.05) is 6.61 Å². The normalized spacial score (nSPS) is 38.6. The van der Waals surface area contributed by atoms with Gasteiger partial charge in [0.1, 0.15) is 0 Å². The Morgan fingerprint density at radius 3 is 2.59 bits per heavy atom. The van der Waals surface area contributed by atoms with Gasteiger partial charge in [0.2, 0.25) is 0 Å². The first kappa shape index (κ1) is 25.4. The zero-order chi connectivity index (χ0) is 24.5. The maximum Gasteiger partial charge on any atom is 0.341 e. The summed E-state index contributed by atoms with van der Waals surface area (Å²) in [6.45, 7) is 11.3. The smallest absolute Gasteiger partial charge is 0.341 e. The lowest BCUT2D eigenvalue weighted by Gasteiger charge is -2.56. The van der Waals surface area contributed by atoms with Crippen LogP contribution in [0, 0.1) is 46.8 Å². The Kier molecular flexibility index (Phi) is 7.89. The fraction of sp³-hybridized carbons (Fsp3) is 0.828. The highest BCUT2D eigenvalue weighted by molar-refractivity contribution is 5.89. The van der Waals surface area contributed by atoms with Gasteiger partial charge in [0, 0.05) is 12.1 Å². The number of ether oxygens (including phenoxy) is 1. The zero-order valence-electron chi connectivity index (χ0n) is 22.1. The van der Waals surface area contributed by atoms with Crippen LogP contribution in [0.25, 0.3) is 0 Å². The second-order valence-corrected chi connectivity index (χ2v) is 11.6. The highest BCUT2D eigenvalue weighted by Gasteiger charge is 2.58. The Morgan fingerprint density at radius 1 is 1.06 bits per heavy atom. The number of fused-ring (bicyclic) bond motifs is 5. The molecule has 4 aliphatic rings. The van der Waals surface area contributed by atoms with Crippen molar-refractivity contribution in [1.29, 1.82) is 0 Å². The molecule has 4 fully saturated rings. The fourth-order valence-corrected chi connectivity index (χ4v) is 8.66. The van der Waals surface area contributed by atoms with Gasteiger partial charge < -0.3 is 4.74 Å². The Hall–Kier alpha value is -1.65. The second kappa shape index (κ2) is 10.5. The second-order valence-electron chi connectivity index (χ2n) is 11.6. The molecule has 5 nitrogen and oxygen atoms in total. The van der Waals surface area contributed by atoms with Crippen LogP contribution >= 0.6 is 0 Å². The van der Waals surface area contributed by atoms with Gasteiger partial charge in [0.15, 0.2) is 5.78 Å². The summed E-state index contributed by atoms with van der Waals surface area (Å²) in [6.07, 6.45) is 15.1. The number of carbonyl (C=O) groups is 2. The van der Waals surface area contributed by atoms with Gasteiger partial charge in [0.25, 0.3) is 0 Å². The molecule has 1 aromatic rings. The number of ketones is 1. The van der Waals surface area contributed by atoms with Gasteiger partial charge in [-0.25, -0.2) is 4.79 Å². The van der Waals surface area contributed by atoms with Crippen molar-refractivity contribution in [1.82, 2.24) is 9.78 Å². The molecule has 190 valence electrons. The van der Waals surface area contributed by atoms with Crippen LogP contribution in [0.5, 0.6) is 0 Å². The minimum atomic E-state index is -0.370. The lowest BCUT2D eigenvalue weighted by Crippen LogP contribution is -2.49. The van der Waals surface area contributed by atoms with Crippen molar-refractivity contribution in [2.45, 2.75) is 99.0 Å². The van der Waals surface area contributed by atoms with E-state index in [2.05, 4.69) is 18.9 Å². The number of Topliss-reactive ketones (excluding diaryl/α,β-unsaturated/α-hetero) is 1. The van der Waals surface area contributed by atoms with Crippen molar-refractivity contribution in [3.05, 3.63) is 18.0 Å². The molecule has 8 atom stereocenters. The average Bonchev–Trinajstić information content (AvgIpc) is 3.44. The predicted molar refractivity (Wildman–Crippen MR) is 134 cm³/mol. The first-order chi connectivity index (χ1) is 16.4.